The zero-order valence-electron chi connectivity index (χ0n) is 12.4. The summed E-state index contributed by atoms with van der Waals surface area (Å²) in [5.41, 5.74) is 1.61. The van der Waals surface area contributed by atoms with Gasteiger partial charge in [-0.3, -0.25) is 4.79 Å². The van der Waals surface area contributed by atoms with E-state index in [1.165, 1.54) is 6.08 Å². The molecule has 1 aliphatic heterocycles. The molecule has 1 heterocycles. The molecule has 5 heteroatoms. The first-order valence-electron chi connectivity index (χ1n) is 7.31. The SMILES string of the molecule is O=C(/C=C/c1ccccc1)NC[C@H](O)c1ccc2c(c1)OCO2. The van der Waals surface area contributed by atoms with Gasteiger partial charge in [0, 0.05) is 12.6 Å². The van der Waals surface area contributed by atoms with Crippen LogP contribution in [0.4, 0.5) is 0 Å². The molecule has 3 rings (SSSR count). The Morgan fingerprint density at radius 1 is 1.17 bits per heavy atom. The summed E-state index contributed by atoms with van der Waals surface area (Å²) in [5, 5.41) is 12.8. The molecule has 0 aliphatic carbocycles. The van der Waals surface area contributed by atoms with Crippen LogP contribution in [0.15, 0.2) is 54.6 Å². The van der Waals surface area contributed by atoms with E-state index in [-0.39, 0.29) is 19.2 Å². The number of carbonyl (C=O) groups is 1. The van der Waals surface area contributed by atoms with Crippen molar-refractivity contribution < 1.29 is 19.4 Å². The number of carbonyl (C=O) groups excluding carboxylic acids is 1. The monoisotopic (exact) mass is 311 g/mol. The van der Waals surface area contributed by atoms with Crippen LogP contribution in [0.5, 0.6) is 11.5 Å². The molecular weight excluding hydrogens is 294 g/mol. The maximum Gasteiger partial charge on any atom is 0.244 e. The van der Waals surface area contributed by atoms with E-state index in [2.05, 4.69) is 5.32 Å². The minimum absolute atomic E-state index is 0.123. The molecule has 0 saturated heterocycles. The lowest BCUT2D eigenvalue weighted by molar-refractivity contribution is -0.116. The molecule has 0 radical (unpaired) electrons. The molecular formula is C18H17NO4. The molecule has 2 aromatic carbocycles. The fourth-order valence-corrected chi connectivity index (χ4v) is 2.23. The van der Waals surface area contributed by atoms with Gasteiger partial charge in [-0.05, 0) is 29.3 Å². The number of nitrogens with one attached hydrogen (secondary N) is 1. The highest BCUT2D eigenvalue weighted by Crippen LogP contribution is 2.34. The number of hydrogen-bond acceptors (Lipinski definition) is 4. The average molecular weight is 311 g/mol. The van der Waals surface area contributed by atoms with Crippen molar-refractivity contribution in [3.05, 3.63) is 65.7 Å². The number of aliphatic hydroxyl groups excluding tert-OH is 1. The Morgan fingerprint density at radius 2 is 1.96 bits per heavy atom. The van der Waals surface area contributed by atoms with E-state index in [0.29, 0.717) is 17.1 Å². The highest BCUT2D eigenvalue weighted by molar-refractivity contribution is 5.91. The van der Waals surface area contributed by atoms with Crippen LogP contribution in [-0.2, 0) is 4.79 Å². The standard InChI is InChI=1S/C18H17NO4/c20-15(14-7-8-16-17(10-14)23-12-22-16)11-19-18(21)9-6-13-4-2-1-3-5-13/h1-10,15,20H,11-12H2,(H,19,21)/b9-6+/t15-/m0/s1. The van der Waals surface area contributed by atoms with Crippen LogP contribution in [0.2, 0.25) is 0 Å². The van der Waals surface area contributed by atoms with E-state index in [4.69, 9.17) is 9.47 Å². The van der Waals surface area contributed by atoms with Gasteiger partial charge in [0.05, 0.1) is 6.10 Å². The lowest BCUT2D eigenvalue weighted by Gasteiger charge is -2.12. The highest BCUT2D eigenvalue weighted by atomic mass is 16.7. The van der Waals surface area contributed by atoms with E-state index < -0.39 is 6.10 Å². The first-order chi connectivity index (χ1) is 11.2. The Hall–Kier alpha value is -2.79. The van der Waals surface area contributed by atoms with Crippen LogP contribution in [0, 0.1) is 0 Å². The van der Waals surface area contributed by atoms with Gasteiger partial charge in [0.25, 0.3) is 0 Å². The van der Waals surface area contributed by atoms with Crippen LogP contribution < -0.4 is 14.8 Å². The topological polar surface area (TPSA) is 67.8 Å². The normalized spacial score (nSPS) is 14.0. The van der Waals surface area contributed by atoms with Gasteiger partial charge < -0.3 is 19.9 Å². The third-order valence-corrected chi connectivity index (χ3v) is 3.48. The zero-order valence-corrected chi connectivity index (χ0v) is 12.4. The third-order valence-electron chi connectivity index (χ3n) is 3.48. The second-order valence-corrected chi connectivity index (χ2v) is 5.12. The molecule has 118 valence electrons. The summed E-state index contributed by atoms with van der Waals surface area (Å²) in [6, 6.07) is 14.8. The van der Waals surface area contributed by atoms with Crippen molar-refractivity contribution in [3.63, 3.8) is 0 Å². The van der Waals surface area contributed by atoms with Crippen molar-refractivity contribution in [2.24, 2.45) is 0 Å². The quantitative estimate of drug-likeness (QED) is 0.831. The molecule has 0 bridgehead atoms. The Labute approximate surface area is 134 Å². The predicted octanol–water partition coefficient (Wildman–Crippen LogP) is 2.28. The fourth-order valence-electron chi connectivity index (χ4n) is 2.23. The van der Waals surface area contributed by atoms with Crippen LogP contribution in [-0.4, -0.2) is 24.4 Å². The Kier molecular flexibility index (Phi) is 4.59. The highest BCUT2D eigenvalue weighted by Gasteiger charge is 2.16. The molecule has 0 saturated carbocycles. The third kappa shape index (κ3) is 3.90. The molecule has 2 aromatic rings. The van der Waals surface area contributed by atoms with Crippen LogP contribution in [0.25, 0.3) is 6.08 Å². The molecule has 5 nitrogen and oxygen atoms in total. The van der Waals surface area contributed by atoms with E-state index >= 15 is 0 Å². The molecule has 1 atom stereocenters. The minimum Gasteiger partial charge on any atom is -0.454 e. The summed E-state index contributed by atoms with van der Waals surface area (Å²) in [7, 11) is 0. The van der Waals surface area contributed by atoms with Crippen molar-refractivity contribution in [2.75, 3.05) is 13.3 Å². The average Bonchev–Trinajstić information content (AvgIpc) is 3.06. The molecule has 1 aliphatic rings. The maximum absolute atomic E-state index is 11.8. The largest absolute Gasteiger partial charge is 0.454 e. The molecule has 0 aromatic heterocycles. The number of ether oxygens (including phenoxy) is 2. The van der Waals surface area contributed by atoms with E-state index in [1.54, 1.807) is 24.3 Å². The van der Waals surface area contributed by atoms with E-state index in [1.807, 2.05) is 30.3 Å². The maximum atomic E-state index is 11.8. The van der Waals surface area contributed by atoms with Crippen LogP contribution in [0.1, 0.15) is 17.2 Å². The molecule has 0 fully saturated rings. The van der Waals surface area contributed by atoms with Crippen molar-refractivity contribution in [1.82, 2.24) is 5.32 Å². The minimum atomic E-state index is -0.807. The van der Waals surface area contributed by atoms with Crippen molar-refractivity contribution in [2.45, 2.75) is 6.10 Å². The summed E-state index contributed by atoms with van der Waals surface area (Å²) in [6.07, 6.45) is 2.36. The summed E-state index contributed by atoms with van der Waals surface area (Å²) in [4.78, 5) is 11.8. The smallest absolute Gasteiger partial charge is 0.244 e. The second kappa shape index (κ2) is 6.98. The predicted molar refractivity (Wildman–Crippen MR) is 86.0 cm³/mol. The van der Waals surface area contributed by atoms with Crippen LogP contribution in [0.3, 0.4) is 0 Å². The van der Waals surface area contributed by atoms with Gasteiger partial charge in [-0.25, -0.2) is 0 Å². The van der Waals surface area contributed by atoms with Gasteiger partial charge >= 0.3 is 0 Å². The molecule has 1 amide bonds. The Morgan fingerprint density at radius 3 is 2.78 bits per heavy atom. The molecule has 2 N–H and O–H groups in total. The fraction of sp³-hybridized carbons (Fsp3) is 0.167. The molecule has 0 unspecified atom stereocenters. The van der Waals surface area contributed by atoms with Gasteiger partial charge in [0.15, 0.2) is 11.5 Å². The summed E-state index contributed by atoms with van der Waals surface area (Å²) >= 11 is 0. The number of aliphatic hydroxyl groups is 1. The molecule has 23 heavy (non-hydrogen) atoms. The number of amides is 1. The summed E-state index contributed by atoms with van der Waals surface area (Å²) in [6.45, 7) is 0.313. The first kappa shape index (κ1) is 15.1. The molecule has 0 spiro atoms. The number of hydrogen-bond donors (Lipinski definition) is 2. The number of rotatable bonds is 5. The van der Waals surface area contributed by atoms with E-state index in [0.717, 1.165) is 5.56 Å². The number of benzene rings is 2. The summed E-state index contributed by atoms with van der Waals surface area (Å²) < 4.78 is 10.5. The van der Waals surface area contributed by atoms with Gasteiger partial charge in [0.1, 0.15) is 0 Å². The van der Waals surface area contributed by atoms with Gasteiger partial charge in [-0.2, -0.15) is 0 Å². The summed E-state index contributed by atoms with van der Waals surface area (Å²) in [5.74, 6) is 1.02. The Balaban J connectivity index is 1.53. The van der Waals surface area contributed by atoms with Crippen LogP contribution >= 0.6 is 0 Å². The van der Waals surface area contributed by atoms with Crippen molar-refractivity contribution >= 4 is 12.0 Å². The van der Waals surface area contributed by atoms with Gasteiger partial charge in [0.2, 0.25) is 12.7 Å². The number of fused-ring (bicyclic) bond motifs is 1. The zero-order chi connectivity index (χ0) is 16.1. The lowest BCUT2D eigenvalue weighted by atomic mass is 10.1. The van der Waals surface area contributed by atoms with Gasteiger partial charge in [-0.15, -0.1) is 0 Å². The van der Waals surface area contributed by atoms with E-state index in [9.17, 15) is 9.90 Å². The van der Waals surface area contributed by atoms with Crippen molar-refractivity contribution in [1.29, 1.82) is 0 Å². The lowest BCUT2D eigenvalue weighted by Crippen LogP contribution is -2.26. The first-order valence-corrected chi connectivity index (χ1v) is 7.31. The van der Waals surface area contributed by atoms with Crippen molar-refractivity contribution in [3.8, 4) is 11.5 Å². The Bertz CT molecular complexity index is 712. The second-order valence-electron chi connectivity index (χ2n) is 5.12. The van der Waals surface area contributed by atoms with Gasteiger partial charge in [-0.1, -0.05) is 36.4 Å².